The number of carbonyl (C=O) groups excluding carboxylic acids is 1. The van der Waals surface area contributed by atoms with E-state index in [9.17, 15) is 9.00 Å². The second-order valence-electron chi connectivity index (χ2n) is 3.98. The second kappa shape index (κ2) is 8.00. The fraction of sp³-hybridized carbons (Fsp3) is 0.462. The quantitative estimate of drug-likeness (QED) is 0.708. The van der Waals surface area contributed by atoms with Crippen molar-refractivity contribution in [3.63, 3.8) is 0 Å². The van der Waals surface area contributed by atoms with E-state index in [-0.39, 0.29) is 23.6 Å². The molecule has 0 spiro atoms. The number of rotatable bonds is 7. The standard InChI is InChI=1S/C13H18O4S/c1-11(13(14)16-2)9-18(15)10-17-8-12-6-4-3-5-7-12/h3-7,11H,8-10H2,1-2H3. The molecule has 0 heterocycles. The largest absolute Gasteiger partial charge is 0.469 e. The topological polar surface area (TPSA) is 52.6 Å². The van der Waals surface area contributed by atoms with Gasteiger partial charge in [0.2, 0.25) is 0 Å². The molecule has 0 aliphatic rings. The molecule has 2 atom stereocenters. The number of ether oxygens (including phenoxy) is 2. The molecule has 0 fully saturated rings. The van der Waals surface area contributed by atoms with Crippen LogP contribution in [0.25, 0.3) is 0 Å². The number of hydrogen-bond donors (Lipinski definition) is 0. The summed E-state index contributed by atoms with van der Waals surface area (Å²) in [5.74, 6) is -0.305. The van der Waals surface area contributed by atoms with Gasteiger partial charge in [0.25, 0.3) is 0 Å². The van der Waals surface area contributed by atoms with Crippen molar-refractivity contribution in [2.75, 3.05) is 18.8 Å². The summed E-state index contributed by atoms with van der Waals surface area (Å²) in [6, 6.07) is 9.67. The minimum Gasteiger partial charge on any atom is -0.469 e. The van der Waals surface area contributed by atoms with Crippen LogP contribution < -0.4 is 0 Å². The lowest BCUT2D eigenvalue weighted by Gasteiger charge is -2.09. The molecule has 0 aromatic heterocycles. The Bertz CT molecular complexity index is 391. The lowest BCUT2D eigenvalue weighted by Crippen LogP contribution is -2.21. The van der Waals surface area contributed by atoms with E-state index < -0.39 is 10.8 Å². The van der Waals surface area contributed by atoms with Gasteiger partial charge >= 0.3 is 5.97 Å². The maximum Gasteiger partial charge on any atom is 0.309 e. The Balaban J connectivity index is 2.23. The molecule has 0 saturated carbocycles. The van der Waals surface area contributed by atoms with E-state index in [0.29, 0.717) is 6.61 Å². The number of esters is 1. The van der Waals surface area contributed by atoms with Crippen molar-refractivity contribution in [3.05, 3.63) is 35.9 Å². The van der Waals surface area contributed by atoms with E-state index in [1.54, 1.807) is 6.92 Å². The molecule has 0 bridgehead atoms. The van der Waals surface area contributed by atoms with Gasteiger partial charge in [0, 0.05) is 16.6 Å². The van der Waals surface area contributed by atoms with Gasteiger partial charge in [-0.05, 0) is 5.56 Å². The molecule has 0 N–H and O–H groups in total. The minimum absolute atomic E-state index is 0.135. The van der Waals surface area contributed by atoms with E-state index in [1.165, 1.54) is 7.11 Å². The molecule has 100 valence electrons. The van der Waals surface area contributed by atoms with Crippen LogP contribution in [0.4, 0.5) is 0 Å². The molecule has 4 nitrogen and oxygen atoms in total. The van der Waals surface area contributed by atoms with Gasteiger partial charge in [-0.15, -0.1) is 0 Å². The lowest BCUT2D eigenvalue weighted by atomic mass is 10.2. The molecule has 0 aliphatic heterocycles. The van der Waals surface area contributed by atoms with Crippen LogP contribution in [0, 0.1) is 5.92 Å². The maximum absolute atomic E-state index is 11.6. The Labute approximate surface area is 110 Å². The van der Waals surface area contributed by atoms with Crippen LogP contribution in [-0.2, 0) is 31.7 Å². The maximum atomic E-state index is 11.6. The molecule has 5 heteroatoms. The summed E-state index contributed by atoms with van der Waals surface area (Å²) in [6.07, 6.45) is 0. The highest BCUT2D eigenvalue weighted by Crippen LogP contribution is 2.04. The molecule has 0 saturated heterocycles. The molecule has 0 aliphatic carbocycles. The first kappa shape index (κ1) is 14.9. The van der Waals surface area contributed by atoms with E-state index in [0.717, 1.165) is 5.56 Å². The molecule has 2 unspecified atom stereocenters. The first-order valence-electron chi connectivity index (χ1n) is 5.68. The van der Waals surface area contributed by atoms with Crippen molar-refractivity contribution >= 4 is 16.8 Å². The molecule has 18 heavy (non-hydrogen) atoms. The number of hydrogen-bond acceptors (Lipinski definition) is 4. The molecule has 0 amide bonds. The Morgan fingerprint density at radius 3 is 2.61 bits per heavy atom. The molecule has 1 rings (SSSR count). The van der Waals surface area contributed by atoms with Gasteiger partial charge in [-0.1, -0.05) is 37.3 Å². The van der Waals surface area contributed by atoms with Crippen LogP contribution in [0.2, 0.25) is 0 Å². The normalized spacial score (nSPS) is 13.9. The summed E-state index contributed by atoms with van der Waals surface area (Å²) in [6.45, 7) is 2.13. The zero-order valence-corrected chi connectivity index (χ0v) is 11.4. The first-order chi connectivity index (χ1) is 8.63. The van der Waals surface area contributed by atoms with E-state index in [2.05, 4.69) is 4.74 Å². The van der Waals surface area contributed by atoms with Crippen LogP contribution in [0.15, 0.2) is 30.3 Å². The summed E-state index contributed by atoms with van der Waals surface area (Å²) in [4.78, 5) is 11.1. The monoisotopic (exact) mass is 270 g/mol. The summed E-state index contributed by atoms with van der Waals surface area (Å²) >= 11 is 0. The van der Waals surface area contributed by atoms with E-state index in [4.69, 9.17) is 4.74 Å². The highest BCUT2D eigenvalue weighted by molar-refractivity contribution is 7.84. The van der Waals surface area contributed by atoms with Gasteiger partial charge in [0.05, 0.1) is 19.6 Å². The predicted molar refractivity (Wildman–Crippen MR) is 70.3 cm³/mol. The van der Waals surface area contributed by atoms with Crippen molar-refractivity contribution in [1.29, 1.82) is 0 Å². The smallest absolute Gasteiger partial charge is 0.309 e. The van der Waals surface area contributed by atoms with Crippen molar-refractivity contribution in [2.24, 2.45) is 5.92 Å². The first-order valence-corrected chi connectivity index (χ1v) is 7.16. The third-order valence-corrected chi connectivity index (χ3v) is 3.67. The Kier molecular flexibility index (Phi) is 6.60. The number of carbonyl (C=O) groups is 1. The average Bonchev–Trinajstić information content (AvgIpc) is 2.38. The SMILES string of the molecule is COC(=O)C(C)CS(=O)COCc1ccccc1. The van der Waals surface area contributed by atoms with Gasteiger partial charge in [-0.3, -0.25) is 9.00 Å². The Morgan fingerprint density at radius 1 is 1.33 bits per heavy atom. The van der Waals surface area contributed by atoms with Gasteiger partial charge < -0.3 is 9.47 Å². The minimum atomic E-state index is -1.17. The summed E-state index contributed by atoms with van der Waals surface area (Å²) in [5.41, 5.74) is 1.04. The van der Waals surface area contributed by atoms with Crippen molar-refractivity contribution in [3.8, 4) is 0 Å². The summed E-state index contributed by atoms with van der Waals surface area (Å²) in [7, 11) is 0.158. The van der Waals surface area contributed by atoms with Crippen molar-refractivity contribution in [2.45, 2.75) is 13.5 Å². The molecule has 0 radical (unpaired) electrons. The van der Waals surface area contributed by atoms with Crippen LogP contribution in [0.5, 0.6) is 0 Å². The Hall–Kier alpha value is -1.20. The van der Waals surface area contributed by atoms with E-state index in [1.807, 2.05) is 30.3 Å². The molecular weight excluding hydrogens is 252 g/mol. The molecule has 1 aromatic rings. The van der Waals surface area contributed by atoms with Crippen LogP contribution in [0.3, 0.4) is 0 Å². The third-order valence-electron chi connectivity index (χ3n) is 2.37. The fourth-order valence-corrected chi connectivity index (χ4v) is 2.48. The summed E-state index contributed by atoms with van der Waals surface area (Å²) < 4.78 is 21.6. The van der Waals surface area contributed by atoms with E-state index >= 15 is 0 Å². The second-order valence-corrected chi connectivity index (χ2v) is 5.43. The molecule has 1 aromatic carbocycles. The number of methoxy groups -OCH3 is 1. The van der Waals surface area contributed by atoms with Gasteiger partial charge in [0.1, 0.15) is 5.94 Å². The fourth-order valence-electron chi connectivity index (χ4n) is 1.42. The average molecular weight is 270 g/mol. The zero-order chi connectivity index (χ0) is 13.4. The predicted octanol–water partition coefficient (Wildman–Crippen LogP) is 1.72. The zero-order valence-electron chi connectivity index (χ0n) is 10.6. The molecular formula is C13H18O4S. The third kappa shape index (κ3) is 5.42. The lowest BCUT2D eigenvalue weighted by molar-refractivity contribution is -0.144. The number of benzene rings is 1. The van der Waals surface area contributed by atoms with Gasteiger partial charge in [0.15, 0.2) is 0 Å². The van der Waals surface area contributed by atoms with Crippen molar-refractivity contribution in [1.82, 2.24) is 0 Å². The van der Waals surface area contributed by atoms with Crippen LogP contribution in [0.1, 0.15) is 12.5 Å². The van der Waals surface area contributed by atoms with Crippen LogP contribution >= 0.6 is 0 Å². The van der Waals surface area contributed by atoms with Gasteiger partial charge in [-0.2, -0.15) is 0 Å². The Morgan fingerprint density at radius 2 is 2.00 bits per heavy atom. The van der Waals surface area contributed by atoms with Gasteiger partial charge in [-0.25, -0.2) is 0 Å². The summed E-state index contributed by atoms with van der Waals surface area (Å²) in [5, 5.41) is 0. The highest BCUT2D eigenvalue weighted by Gasteiger charge is 2.16. The highest BCUT2D eigenvalue weighted by atomic mass is 32.2. The van der Waals surface area contributed by atoms with Crippen molar-refractivity contribution < 1.29 is 18.5 Å². The van der Waals surface area contributed by atoms with Crippen LogP contribution in [-0.4, -0.2) is 29.0 Å².